The van der Waals surface area contributed by atoms with Crippen LogP contribution >= 0.6 is 0 Å². The van der Waals surface area contributed by atoms with Crippen molar-refractivity contribution >= 4 is 17.3 Å². The van der Waals surface area contributed by atoms with Crippen LogP contribution < -0.4 is 0 Å². The molecule has 0 spiro atoms. The molecule has 6 heteroatoms. The number of rotatable bonds is 4. The van der Waals surface area contributed by atoms with Crippen molar-refractivity contribution < 1.29 is 29.7 Å². The van der Waals surface area contributed by atoms with Crippen molar-refractivity contribution in [3.05, 3.63) is 51.0 Å². The van der Waals surface area contributed by atoms with Gasteiger partial charge in [0.15, 0.2) is 17.3 Å². The van der Waals surface area contributed by atoms with Gasteiger partial charge in [0, 0.05) is 12.0 Å². The van der Waals surface area contributed by atoms with Gasteiger partial charge in [0.05, 0.1) is 17.1 Å². The lowest BCUT2D eigenvalue weighted by Crippen LogP contribution is -2.42. The van der Waals surface area contributed by atoms with E-state index in [0.717, 1.165) is 11.1 Å². The Morgan fingerprint density at radius 3 is 2.33 bits per heavy atom. The van der Waals surface area contributed by atoms with Crippen LogP contribution in [-0.2, 0) is 22.4 Å². The molecule has 0 saturated heterocycles. The first-order chi connectivity index (χ1) is 15.4. The van der Waals surface area contributed by atoms with Gasteiger partial charge in [0.2, 0.25) is 0 Å². The third-order valence-electron chi connectivity index (χ3n) is 7.36. The Hall–Kier alpha value is -2.89. The summed E-state index contributed by atoms with van der Waals surface area (Å²) in [6, 6.07) is 2.00. The fraction of sp³-hybridized carbons (Fsp3) is 0.519. The van der Waals surface area contributed by atoms with Gasteiger partial charge in [-0.15, -0.1) is 0 Å². The summed E-state index contributed by atoms with van der Waals surface area (Å²) in [4.78, 5) is 38.7. The molecule has 4 rings (SSSR count). The molecule has 0 radical (unpaired) electrons. The van der Waals surface area contributed by atoms with Gasteiger partial charge in [-0.2, -0.15) is 0 Å². The molecule has 6 nitrogen and oxygen atoms in total. The molecule has 3 aliphatic carbocycles. The number of phenolic OH excluding ortho intramolecular Hbond substituents is 1. The molecule has 3 aliphatic rings. The number of Topliss-reactive ketones (excluding diaryl/α,β-unsaturated/α-hetero) is 3. The van der Waals surface area contributed by atoms with E-state index in [1.165, 1.54) is 6.92 Å². The van der Waals surface area contributed by atoms with Crippen LogP contribution in [0.2, 0.25) is 0 Å². The highest BCUT2D eigenvalue weighted by molar-refractivity contribution is 6.22. The number of hydrogen-bond acceptors (Lipinski definition) is 6. The van der Waals surface area contributed by atoms with Gasteiger partial charge >= 0.3 is 0 Å². The number of benzene rings is 1. The van der Waals surface area contributed by atoms with E-state index < -0.39 is 23.3 Å². The SMILES string of the molecule is CC(=O)C1=C(O)CC2CC3Cc4c(C(C)C)cc(CC(C)C)c(O)c4C(=O)C3=C(O)C2C1=O. The van der Waals surface area contributed by atoms with Crippen molar-refractivity contribution in [1.82, 2.24) is 0 Å². The molecule has 0 aliphatic heterocycles. The number of carbonyl (C=O) groups is 3. The van der Waals surface area contributed by atoms with Gasteiger partial charge in [-0.05, 0) is 66.5 Å². The van der Waals surface area contributed by atoms with Gasteiger partial charge in [0.1, 0.15) is 17.3 Å². The minimum atomic E-state index is -1.01. The molecule has 1 aromatic rings. The summed E-state index contributed by atoms with van der Waals surface area (Å²) in [6.45, 7) is 9.42. The molecule has 1 aromatic carbocycles. The second-order valence-corrected chi connectivity index (χ2v) is 10.5. The monoisotopic (exact) mass is 452 g/mol. The van der Waals surface area contributed by atoms with Crippen molar-refractivity contribution in [3.8, 4) is 5.75 Å². The van der Waals surface area contributed by atoms with Gasteiger partial charge in [0.25, 0.3) is 0 Å². The van der Waals surface area contributed by atoms with Crippen molar-refractivity contribution in [2.45, 2.75) is 66.2 Å². The van der Waals surface area contributed by atoms with E-state index in [4.69, 9.17) is 0 Å². The van der Waals surface area contributed by atoms with Crippen molar-refractivity contribution in [2.24, 2.45) is 23.7 Å². The quantitative estimate of drug-likeness (QED) is 0.561. The number of allylic oxidation sites excluding steroid dienone is 4. The smallest absolute Gasteiger partial charge is 0.196 e. The Balaban J connectivity index is 1.88. The second-order valence-electron chi connectivity index (χ2n) is 10.5. The lowest BCUT2D eigenvalue weighted by molar-refractivity contribution is -0.125. The normalized spacial score (nSPS) is 24.9. The van der Waals surface area contributed by atoms with Gasteiger partial charge < -0.3 is 15.3 Å². The third kappa shape index (κ3) is 3.60. The number of phenols is 1. The molecular formula is C27H32O6. The zero-order valence-electron chi connectivity index (χ0n) is 19.9. The van der Waals surface area contributed by atoms with Crippen LogP contribution in [-0.4, -0.2) is 32.7 Å². The maximum Gasteiger partial charge on any atom is 0.196 e. The molecule has 3 N–H and O–H groups in total. The molecule has 0 amide bonds. The van der Waals surface area contributed by atoms with Crippen LogP contribution in [0.1, 0.15) is 80.4 Å². The fourth-order valence-electron chi connectivity index (χ4n) is 6.02. The standard InChI is InChI=1S/C27H32O6/c1-11(2)6-16-9-17(12(3)4)18-8-14-7-15-10-19(29)20(13(5)28)25(31)22(15)26(32)21(14)27(33)23(18)24(16)30/h9,11-12,14-15,22,29-30,32H,6-8,10H2,1-5H3. The first-order valence-corrected chi connectivity index (χ1v) is 11.8. The van der Waals surface area contributed by atoms with Crippen LogP contribution in [0.25, 0.3) is 0 Å². The van der Waals surface area contributed by atoms with Crippen molar-refractivity contribution in [1.29, 1.82) is 0 Å². The summed E-state index contributed by atoms with van der Waals surface area (Å²) < 4.78 is 0. The summed E-state index contributed by atoms with van der Waals surface area (Å²) in [7, 11) is 0. The van der Waals surface area contributed by atoms with Crippen LogP contribution in [0, 0.1) is 23.7 Å². The first kappa shape index (κ1) is 23.3. The van der Waals surface area contributed by atoms with E-state index in [9.17, 15) is 29.7 Å². The average Bonchev–Trinajstić information content (AvgIpc) is 2.68. The molecule has 176 valence electrons. The molecule has 0 fully saturated rings. The van der Waals surface area contributed by atoms with Crippen LogP contribution in [0.15, 0.2) is 28.7 Å². The summed E-state index contributed by atoms with van der Waals surface area (Å²) in [6.07, 6.45) is 1.67. The number of aromatic hydroxyl groups is 1. The molecule has 0 aromatic heterocycles. The van der Waals surface area contributed by atoms with E-state index in [1.807, 2.05) is 19.9 Å². The summed E-state index contributed by atoms with van der Waals surface area (Å²) in [5.74, 6) is -3.44. The first-order valence-electron chi connectivity index (χ1n) is 11.8. The van der Waals surface area contributed by atoms with Crippen molar-refractivity contribution in [2.75, 3.05) is 0 Å². The van der Waals surface area contributed by atoms with Crippen LogP contribution in [0.4, 0.5) is 0 Å². The molecule has 3 unspecified atom stereocenters. The largest absolute Gasteiger partial charge is 0.511 e. The van der Waals surface area contributed by atoms with Crippen LogP contribution in [0.5, 0.6) is 5.75 Å². The second kappa shape index (κ2) is 8.15. The van der Waals surface area contributed by atoms with Crippen molar-refractivity contribution in [3.63, 3.8) is 0 Å². The molecule has 33 heavy (non-hydrogen) atoms. The third-order valence-corrected chi connectivity index (χ3v) is 7.36. The number of carbonyl (C=O) groups excluding carboxylic acids is 3. The van der Waals surface area contributed by atoms with E-state index in [-0.39, 0.29) is 64.1 Å². The number of ketones is 3. The zero-order chi connectivity index (χ0) is 24.4. The highest BCUT2D eigenvalue weighted by Gasteiger charge is 2.50. The molecule has 0 saturated carbocycles. The Kier molecular flexibility index (Phi) is 5.75. The number of hydrogen-bond donors (Lipinski definition) is 3. The zero-order valence-corrected chi connectivity index (χ0v) is 19.9. The van der Waals surface area contributed by atoms with Gasteiger partial charge in [-0.1, -0.05) is 33.8 Å². The summed E-state index contributed by atoms with van der Waals surface area (Å²) in [5.41, 5.74) is 2.68. The Morgan fingerprint density at radius 1 is 1.09 bits per heavy atom. The minimum absolute atomic E-state index is 0.0362. The molecule has 0 heterocycles. The number of aliphatic hydroxyl groups is 2. The van der Waals surface area contributed by atoms with Gasteiger partial charge in [-0.3, -0.25) is 14.4 Å². The van der Waals surface area contributed by atoms with E-state index in [1.54, 1.807) is 0 Å². The number of fused-ring (bicyclic) bond motifs is 3. The molecule has 3 atom stereocenters. The summed E-state index contributed by atoms with van der Waals surface area (Å²) >= 11 is 0. The maximum atomic E-state index is 13.7. The van der Waals surface area contributed by atoms with Gasteiger partial charge in [-0.25, -0.2) is 0 Å². The Morgan fingerprint density at radius 2 is 1.76 bits per heavy atom. The lowest BCUT2D eigenvalue weighted by Gasteiger charge is -2.41. The minimum Gasteiger partial charge on any atom is -0.511 e. The number of aliphatic hydroxyl groups excluding tert-OH is 2. The molecule has 0 bridgehead atoms. The summed E-state index contributed by atoms with van der Waals surface area (Å²) in [5, 5.41) is 32.6. The Labute approximate surface area is 194 Å². The van der Waals surface area contributed by atoms with E-state index >= 15 is 0 Å². The maximum absolute atomic E-state index is 13.7. The van der Waals surface area contributed by atoms with E-state index in [0.29, 0.717) is 24.8 Å². The highest BCUT2D eigenvalue weighted by Crippen LogP contribution is 2.51. The fourth-order valence-corrected chi connectivity index (χ4v) is 6.02. The van der Waals surface area contributed by atoms with Crippen LogP contribution in [0.3, 0.4) is 0 Å². The molecular weight excluding hydrogens is 420 g/mol. The van der Waals surface area contributed by atoms with E-state index in [2.05, 4.69) is 13.8 Å². The average molecular weight is 453 g/mol. The lowest BCUT2D eigenvalue weighted by atomic mass is 9.61. The highest BCUT2D eigenvalue weighted by atomic mass is 16.3. The predicted molar refractivity (Wildman–Crippen MR) is 123 cm³/mol. The Bertz CT molecular complexity index is 1130. The predicted octanol–water partition coefficient (Wildman–Crippen LogP) is 4.89. The topological polar surface area (TPSA) is 112 Å².